The summed E-state index contributed by atoms with van der Waals surface area (Å²) in [4.78, 5) is 13.2. The van der Waals surface area contributed by atoms with Gasteiger partial charge in [-0.1, -0.05) is 25.5 Å². The Morgan fingerprint density at radius 2 is 1.83 bits per heavy atom. The van der Waals surface area contributed by atoms with Crippen LogP contribution in [0.2, 0.25) is 0 Å². The largest absolute Gasteiger partial charge is 0.454 e. The topological polar surface area (TPSA) is 29.5 Å². The van der Waals surface area contributed by atoms with Gasteiger partial charge in [0.2, 0.25) is 0 Å². The van der Waals surface area contributed by atoms with Crippen molar-refractivity contribution < 1.29 is 13.9 Å². The number of amides is 1. The summed E-state index contributed by atoms with van der Waals surface area (Å²) in [5.74, 6) is -0.0964. The van der Waals surface area contributed by atoms with Crippen LogP contribution in [0.25, 0.3) is 0 Å². The Hall–Kier alpha value is -2.36. The molecule has 122 valence electrons. The van der Waals surface area contributed by atoms with E-state index >= 15 is 0 Å². The molecule has 0 radical (unpaired) electrons. The first-order valence-corrected chi connectivity index (χ1v) is 7.79. The number of carbonyl (C=O) groups is 1. The third-order valence-electron chi connectivity index (χ3n) is 3.56. The number of halogens is 1. The van der Waals surface area contributed by atoms with E-state index in [1.54, 1.807) is 20.2 Å². The number of hydrogen-bond donors (Lipinski definition) is 0. The van der Waals surface area contributed by atoms with E-state index in [9.17, 15) is 9.18 Å². The van der Waals surface area contributed by atoms with Crippen LogP contribution in [0.4, 0.5) is 4.39 Å². The lowest BCUT2D eigenvalue weighted by atomic mass is 10.1. The summed E-state index contributed by atoms with van der Waals surface area (Å²) in [6.45, 7) is 2.16. The van der Waals surface area contributed by atoms with E-state index in [0.29, 0.717) is 11.3 Å². The fraction of sp³-hybridized carbons (Fsp3) is 0.316. The molecule has 0 fully saturated rings. The third-order valence-corrected chi connectivity index (χ3v) is 3.56. The monoisotopic (exact) mass is 315 g/mol. The van der Waals surface area contributed by atoms with Gasteiger partial charge in [0.15, 0.2) is 11.6 Å². The average molecular weight is 315 g/mol. The molecule has 0 heterocycles. The van der Waals surface area contributed by atoms with E-state index in [-0.39, 0.29) is 11.7 Å². The zero-order valence-corrected chi connectivity index (χ0v) is 13.8. The van der Waals surface area contributed by atoms with Gasteiger partial charge in [0.05, 0.1) is 0 Å². The average Bonchev–Trinajstić information content (AvgIpc) is 2.55. The van der Waals surface area contributed by atoms with Gasteiger partial charge in [0.1, 0.15) is 5.75 Å². The quantitative estimate of drug-likeness (QED) is 0.776. The van der Waals surface area contributed by atoms with Crippen molar-refractivity contribution in [3.8, 4) is 11.5 Å². The van der Waals surface area contributed by atoms with Crippen molar-refractivity contribution in [3.05, 3.63) is 59.4 Å². The van der Waals surface area contributed by atoms with Crippen molar-refractivity contribution >= 4 is 5.91 Å². The van der Waals surface area contributed by atoms with Crippen LogP contribution in [0.5, 0.6) is 11.5 Å². The standard InChI is InChI=1S/C19H22FNO2/c1-4-5-6-14-7-10-16(11-8-14)23-18-12-9-15(13-17(18)20)19(22)21(2)3/h7-13H,4-6H2,1-3H3. The van der Waals surface area contributed by atoms with Gasteiger partial charge in [-0.3, -0.25) is 4.79 Å². The SMILES string of the molecule is CCCCc1ccc(Oc2ccc(C(=O)N(C)C)cc2F)cc1. The molecular weight excluding hydrogens is 293 g/mol. The summed E-state index contributed by atoms with van der Waals surface area (Å²) in [7, 11) is 3.26. The Balaban J connectivity index is 2.09. The summed E-state index contributed by atoms with van der Waals surface area (Å²) in [5, 5.41) is 0. The second-order valence-corrected chi connectivity index (χ2v) is 5.69. The number of hydrogen-bond acceptors (Lipinski definition) is 2. The lowest BCUT2D eigenvalue weighted by Crippen LogP contribution is -2.21. The molecule has 0 bridgehead atoms. The first-order chi connectivity index (χ1) is 11.0. The highest BCUT2D eigenvalue weighted by molar-refractivity contribution is 5.94. The number of ether oxygens (including phenoxy) is 1. The Labute approximate surface area is 136 Å². The molecule has 0 aliphatic carbocycles. The second kappa shape index (κ2) is 7.77. The summed E-state index contributed by atoms with van der Waals surface area (Å²) >= 11 is 0. The molecule has 3 nitrogen and oxygen atoms in total. The zero-order chi connectivity index (χ0) is 16.8. The minimum Gasteiger partial charge on any atom is -0.454 e. The van der Waals surface area contributed by atoms with Crippen molar-refractivity contribution in [2.75, 3.05) is 14.1 Å². The van der Waals surface area contributed by atoms with E-state index in [1.165, 1.54) is 22.6 Å². The molecule has 2 aromatic rings. The molecule has 0 aliphatic heterocycles. The van der Waals surface area contributed by atoms with Crippen LogP contribution in [0, 0.1) is 5.82 Å². The van der Waals surface area contributed by atoms with Gasteiger partial charge in [-0.05, 0) is 48.7 Å². The maximum absolute atomic E-state index is 14.1. The predicted octanol–water partition coefficient (Wildman–Crippen LogP) is 4.66. The minimum absolute atomic E-state index is 0.113. The number of benzene rings is 2. The molecule has 2 aromatic carbocycles. The van der Waals surface area contributed by atoms with Crippen LogP contribution in [0.3, 0.4) is 0 Å². The first-order valence-electron chi connectivity index (χ1n) is 7.79. The zero-order valence-electron chi connectivity index (χ0n) is 13.8. The van der Waals surface area contributed by atoms with Crippen molar-refractivity contribution in [2.24, 2.45) is 0 Å². The molecule has 23 heavy (non-hydrogen) atoms. The van der Waals surface area contributed by atoms with Crippen molar-refractivity contribution in [1.29, 1.82) is 0 Å². The van der Waals surface area contributed by atoms with E-state index in [4.69, 9.17) is 4.74 Å². The highest BCUT2D eigenvalue weighted by Crippen LogP contribution is 2.26. The van der Waals surface area contributed by atoms with Crippen molar-refractivity contribution in [1.82, 2.24) is 4.90 Å². The van der Waals surface area contributed by atoms with Crippen LogP contribution < -0.4 is 4.74 Å². The van der Waals surface area contributed by atoms with E-state index < -0.39 is 5.82 Å². The molecule has 2 rings (SSSR count). The maximum Gasteiger partial charge on any atom is 0.253 e. The van der Waals surface area contributed by atoms with E-state index in [1.807, 2.05) is 24.3 Å². The predicted molar refractivity (Wildman–Crippen MR) is 89.5 cm³/mol. The number of unbranched alkanes of at least 4 members (excludes halogenated alkanes) is 1. The van der Waals surface area contributed by atoms with Crippen LogP contribution in [-0.2, 0) is 6.42 Å². The van der Waals surface area contributed by atoms with Gasteiger partial charge in [0.25, 0.3) is 5.91 Å². The molecule has 0 saturated heterocycles. The first kappa shape index (κ1) is 17.0. The lowest BCUT2D eigenvalue weighted by Gasteiger charge is -2.12. The Morgan fingerprint density at radius 3 is 2.39 bits per heavy atom. The molecule has 0 N–H and O–H groups in total. The van der Waals surface area contributed by atoms with Crippen LogP contribution >= 0.6 is 0 Å². The summed E-state index contributed by atoms with van der Waals surface area (Å²) < 4.78 is 19.7. The normalized spacial score (nSPS) is 10.4. The van der Waals surface area contributed by atoms with Gasteiger partial charge in [-0.25, -0.2) is 4.39 Å². The van der Waals surface area contributed by atoms with Crippen molar-refractivity contribution in [2.45, 2.75) is 26.2 Å². The molecule has 0 atom stereocenters. The number of nitrogens with zero attached hydrogens (tertiary/aromatic N) is 1. The smallest absolute Gasteiger partial charge is 0.253 e. The maximum atomic E-state index is 14.1. The fourth-order valence-corrected chi connectivity index (χ4v) is 2.21. The number of carbonyl (C=O) groups excluding carboxylic acids is 1. The van der Waals surface area contributed by atoms with Crippen LogP contribution in [0.15, 0.2) is 42.5 Å². The third kappa shape index (κ3) is 4.55. The van der Waals surface area contributed by atoms with Gasteiger partial charge < -0.3 is 9.64 Å². The number of aryl methyl sites for hydroxylation is 1. The summed E-state index contributed by atoms with van der Waals surface area (Å²) in [6.07, 6.45) is 3.34. The van der Waals surface area contributed by atoms with Crippen LogP contribution in [0.1, 0.15) is 35.7 Å². The van der Waals surface area contributed by atoms with Gasteiger partial charge >= 0.3 is 0 Å². The highest BCUT2D eigenvalue weighted by Gasteiger charge is 2.12. The number of rotatable bonds is 6. The molecule has 0 unspecified atom stereocenters. The van der Waals surface area contributed by atoms with Crippen LogP contribution in [-0.4, -0.2) is 24.9 Å². The molecule has 1 amide bonds. The lowest BCUT2D eigenvalue weighted by molar-refractivity contribution is 0.0827. The van der Waals surface area contributed by atoms with E-state index in [0.717, 1.165) is 19.3 Å². The molecule has 0 spiro atoms. The van der Waals surface area contributed by atoms with E-state index in [2.05, 4.69) is 6.92 Å². The summed E-state index contributed by atoms with van der Waals surface area (Å²) in [5.41, 5.74) is 1.54. The summed E-state index contributed by atoms with van der Waals surface area (Å²) in [6, 6.07) is 11.9. The Morgan fingerprint density at radius 1 is 1.13 bits per heavy atom. The molecule has 0 aliphatic rings. The Kier molecular flexibility index (Phi) is 5.74. The molecule has 4 heteroatoms. The second-order valence-electron chi connectivity index (χ2n) is 5.69. The minimum atomic E-state index is -0.548. The van der Waals surface area contributed by atoms with Gasteiger partial charge in [-0.15, -0.1) is 0 Å². The molecule has 0 aromatic heterocycles. The van der Waals surface area contributed by atoms with Gasteiger partial charge in [0, 0.05) is 19.7 Å². The highest BCUT2D eigenvalue weighted by atomic mass is 19.1. The Bertz CT molecular complexity index is 666. The van der Waals surface area contributed by atoms with Gasteiger partial charge in [-0.2, -0.15) is 0 Å². The fourth-order valence-electron chi connectivity index (χ4n) is 2.21. The van der Waals surface area contributed by atoms with Crippen molar-refractivity contribution in [3.63, 3.8) is 0 Å². The molecule has 0 saturated carbocycles. The molecular formula is C19H22FNO2.